The van der Waals surface area contributed by atoms with Crippen molar-refractivity contribution < 1.29 is 14.4 Å². The SMILES string of the molecule is C/C=C(\C)CN1CCCNC(=O)CN(C)C(=O)c2nn(C)c3c2CC(CC3)N(CCC(C)C)C(=O)C1. The number of aromatic nitrogens is 2. The molecule has 3 rings (SSSR count). The molecular formula is C27H44N6O3. The van der Waals surface area contributed by atoms with Crippen molar-refractivity contribution in [3.05, 3.63) is 28.6 Å². The summed E-state index contributed by atoms with van der Waals surface area (Å²) in [4.78, 5) is 45.3. The fraction of sp³-hybridized carbons (Fsp3) is 0.704. The third kappa shape index (κ3) is 6.96. The molecule has 9 nitrogen and oxygen atoms in total. The Labute approximate surface area is 215 Å². The zero-order valence-electron chi connectivity index (χ0n) is 23.0. The lowest BCUT2D eigenvalue weighted by Gasteiger charge is -2.37. The van der Waals surface area contributed by atoms with E-state index in [4.69, 9.17) is 0 Å². The first-order chi connectivity index (χ1) is 17.1. The minimum Gasteiger partial charge on any atom is -0.355 e. The van der Waals surface area contributed by atoms with Crippen LogP contribution in [0.15, 0.2) is 11.6 Å². The molecule has 0 aromatic carbocycles. The number of nitrogens with zero attached hydrogens (tertiary/aromatic N) is 5. The van der Waals surface area contributed by atoms with Crippen LogP contribution >= 0.6 is 0 Å². The molecule has 36 heavy (non-hydrogen) atoms. The number of amides is 3. The lowest BCUT2D eigenvalue weighted by molar-refractivity contribution is -0.135. The number of allylic oxidation sites excluding steroid dienone is 1. The van der Waals surface area contributed by atoms with E-state index >= 15 is 0 Å². The molecular weight excluding hydrogens is 456 g/mol. The topological polar surface area (TPSA) is 90.8 Å². The summed E-state index contributed by atoms with van der Waals surface area (Å²) in [5.41, 5.74) is 3.59. The van der Waals surface area contributed by atoms with Gasteiger partial charge in [0.15, 0.2) is 5.69 Å². The second-order valence-corrected chi connectivity index (χ2v) is 10.8. The summed E-state index contributed by atoms with van der Waals surface area (Å²) in [7, 11) is 3.51. The van der Waals surface area contributed by atoms with Crippen molar-refractivity contribution in [1.82, 2.24) is 29.8 Å². The molecule has 1 aliphatic carbocycles. The number of hydrogen-bond donors (Lipinski definition) is 1. The Bertz CT molecular complexity index is 982. The first-order valence-corrected chi connectivity index (χ1v) is 13.3. The highest BCUT2D eigenvalue weighted by Gasteiger charge is 2.34. The molecule has 1 unspecified atom stereocenters. The van der Waals surface area contributed by atoms with Gasteiger partial charge in [-0.25, -0.2) is 0 Å². The van der Waals surface area contributed by atoms with Crippen LogP contribution in [0.4, 0.5) is 0 Å². The molecule has 1 aromatic rings. The molecule has 3 amide bonds. The maximum atomic E-state index is 13.8. The normalized spacial score (nSPS) is 21.4. The lowest BCUT2D eigenvalue weighted by Crippen LogP contribution is -2.49. The van der Waals surface area contributed by atoms with Crippen LogP contribution in [0.1, 0.15) is 68.7 Å². The van der Waals surface area contributed by atoms with Crippen LogP contribution in [-0.2, 0) is 29.5 Å². The van der Waals surface area contributed by atoms with Crippen LogP contribution in [-0.4, -0.2) is 94.6 Å². The van der Waals surface area contributed by atoms with Crippen molar-refractivity contribution >= 4 is 17.7 Å². The summed E-state index contributed by atoms with van der Waals surface area (Å²) in [5, 5.41) is 7.48. The Morgan fingerprint density at radius 3 is 2.64 bits per heavy atom. The van der Waals surface area contributed by atoms with E-state index in [1.54, 1.807) is 11.7 Å². The average molecular weight is 501 g/mol. The van der Waals surface area contributed by atoms with Crippen molar-refractivity contribution in [3.63, 3.8) is 0 Å². The van der Waals surface area contributed by atoms with Gasteiger partial charge in [0.05, 0.1) is 13.1 Å². The summed E-state index contributed by atoms with van der Waals surface area (Å²) < 4.78 is 1.79. The first-order valence-electron chi connectivity index (χ1n) is 13.3. The largest absolute Gasteiger partial charge is 0.355 e. The van der Waals surface area contributed by atoms with Gasteiger partial charge in [0.2, 0.25) is 11.8 Å². The zero-order valence-corrected chi connectivity index (χ0v) is 23.0. The van der Waals surface area contributed by atoms with Gasteiger partial charge in [0, 0.05) is 57.6 Å². The van der Waals surface area contributed by atoms with E-state index in [1.165, 1.54) is 10.5 Å². The van der Waals surface area contributed by atoms with Gasteiger partial charge >= 0.3 is 0 Å². The molecule has 0 spiro atoms. The molecule has 2 bridgehead atoms. The average Bonchev–Trinajstić information content (AvgIpc) is 3.16. The van der Waals surface area contributed by atoms with Crippen molar-refractivity contribution in [2.45, 2.75) is 65.8 Å². The number of fused-ring (bicyclic) bond motifs is 1. The number of rotatable bonds is 5. The number of hydrogen-bond acceptors (Lipinski definition) is 5. The van der Waals surface area contributed by atoms with E-state index < -0.39 is 0 Å². The molecule has 0 fully saturated rings. The van der Waals surface area contributed by atoms with Crippen LogP contribution < -0.4 is 5.32 Å². The third-order valence-corrected chi connectivity index (χ3v) is 7.37. The van der Waals surface area contributed by atoms with Gasteiger partial charge in [-0.2, -0.15) is 5.10 Å². The van der Waals surface area contributed by atoms with Gasteiger partial charge in [-0.3, -0.25) is 24.0 Å². The molecule has 1 N–H and O–H groups in total. The molecule has 2 heterocycles. The molecule has 1 atom stereocenters. The van der Waals surface area contributed by atoms with Crippen LogP contribution in [0.2, 0.25) is 0 Å². The lowest BCUT2D eigenvalue weighted by atomic mass is 9.89. The Morgan fingerprint density at radius 1 is 1.19 bits per heavy atom. The molecule has 0 saturated heterocycles. The molecule has 1 aromatic heterocycles. The van der Waals surface area contributed by atoms with E-state index in [0.717, 1.165) is 43.5 Å². The summed E-state index contributed by atoms with van der Waals surface area (Å²) in [6, 6.07) is 0.0330. The predicted octanol–water partition coefficient (Wildman–Crippen LogP) is 2.01. The summed E-state index contributed by atoms with van der Waals surface area (Å²) >= 11 is 0. The van der Waals surface area contributed by atoms with Gasteiger partial charge in [-0.1, -0.05) is 25.5 Å². The van der Waals surface area contributed by atoms with Crippen molar-refractivity contribution in [3.8, 4) is 0 Å². The minimum absolute atomic E-state index is 0.00595. The Balaban J connectivity index is 1.96. The molecule has 200 valence electrons. The highest BCUT2D eigenvalue weighted by atomic mass is 16.2. The van der Waals surface area contributed by atoms with E-state index in [0.29, 0.717) is 44.2 Å². The molecule has 0 saturated carbocycles. The smallest absolute Gasteiger partial charge is 0.274 e. The Morgan fingerprint density at radius 2 is 1.94 bits per heavy atom. The van der Waals surface area contributed by atoms with Gasteiger partial charge in [0.1, 0.15) is 0 Å². The zero-order chi connectivity index (χ0) is 26.4. The van der Waals surface area contributed by atoms with E-state index in [1.807, 2.05) is 14.0 Å². The predicted molar refractivity (Wildman–Crippen MR) is 141 cm³/mol. The number of aryl methyl sites for hydroxylation is 1. The highest BCUT2D eigenvalue weighted by Crippen LogP contribution is 2.28. The maximum absolute atomic E-state index is 13.8. The van der Waals surface area contributed by atoms with Crippen molar-refractivity contribution in [2.75, 3.05) is 46.3 Å². The van der Waals surface area contributed by atoms with Gasteiger partial charge < -0.3 is 15.1 Å². The van der Waals surface area contributed by atoms with Crippen LogP contribution in [0.5, 0.6) is 0 Å². The molecule has 9 heteroatoms. The first kappa shape index (κ1) is 27.9. The maximum Gasteiger partial charge on any atom is 0.274 e. The van der Waals surface area contributed by atoms with E-state index in [-0.39, 0.29) is 30.3 Å². The number of carbonyl (C=O) groups is 3. The Hall–Kier alpha value is -2.68. The second kappa shape index (κ2) is 12.5. The molecule has 2 aliphatic rings. The summed E-state index contributed by atoms with van der Waals surface area (Å²) in [6.45, 7) is 11.5. The number of likely N-dealkylation sites (N-methyl/N-ethyl adjacent to an activating group) is 1. The van der Waals surface area contributed by atoms with Crippen LogP contribution in [0.3, 0.4) is 0 Å². The van der Waals surface area contributed by atoms with Crippen molar-refractivity contribution in [2.24, 2.45) is 13.0 Å². The second-order valence-electron chi connectivity index (χ2n) is 10.8. The summed E-state index contributed by atoms with van der Waals surface area (Å²) in [6.07, 6.45) is 6.00. The highest BCUT2D eigenvalue weighted by molar-refractivity contribution is 5.96. The monoisotopic (exact) mass is 500 g/mol. The van der Waals surface area contributed by atoms with Gasteiger partial charge in [0.25, 0.3) is 5.91 Å². The fourth-order valence-corrected chi connectivity index (χ4v) is 5.11. The fourth-order valence-electron chi connectivity index (χ4n) is 5.11. The number of carbonyl (C=O) groups excluding carboxylic acids is 3. The third-order valence-electron chi connectivity index (χ3n) is 7.37. The quantitative estimate of drug-likeness (QED) is 0.625. The number of nitrogens with one attached hydrogen (secondary N) is 1. The molecule has 0 radical (unpaired) electrons. The van der Waals surface area contributed by atoms with Crippen molar-refractivity contribution in [1.29, 1.82) is 0 Å². The summed E-state index contributed by atoms with van der Waals surface area (Å²) in [5.74, 6) is 0.194. The molecule has 1 aliphatic heterocycles. The van der Waals surface area contributed by atoms with E-state index in [9.17, 15) is 14.4 Å². The van der Waals surface area contributed by atoms with Gasteiger partial charge in [-0.05, 0) is 51.9 Å². The van der Waals surface area contributed by atoms with E-state index in [2.05, 4.69) is 47.1 Å². The van der Waals surface area contributed by atoms with Crippen LogP contribution in [0, 0.1) is 5.92 Å². The standard InChI is InChI=1S/C27H44N6O3/c1-7-20(4)16-32-13-8-12-28-24(34)17-30(5)27(36)26-22-15-21(9-10-23(22)31(6)29-26)33(25(35)18-32)14-11-19(2)3/h7,19,21H,8-18H2,1-6H3,(H,28,34)/b20-7+. The van der Waals surface area contributed by atoms with Crippen LogP contribution in [0.25, 0.3) is 0 Å². The Kier molecular flexibility index (Phi) is 9.70. The minimum atomic E-state index is -0.247. The van der Waals surface area contributed by atoms with Gasteiger partial charge in [-0.15, -0.1) is 0 Å².